The maximum atomic E-state index is 10.9. The SMILES string of the molecule is CCOC(=O)CC=Cc1cnc(C)[nH]1. The molecular weight excluding hydrogens is 180 g/mol. The molecule has 76 valence electrons. The lowest BCUT2D eigenvalue weighted by Crippen LogP contribution is -2.01. The van der Waals surface area contributed by atoms with Crippen molar-refractivity contribution < 1.29 is 9.53 Å². The highest BCUT2D eigenvalue weighted by atomic mass is 16.5. The molecule has 0 aromatic carbocycles. The Morgan fingerprint density at radius 1 is 1.71 bits per heavy atom. The quantitative estimate of drug-likeness (QED) is 0.742. The fourth-order valence-corrected chi connectivity index (χ4v) is 1.03. The lowest BCUT2D eigenvalue weighted by molar-refractivity contribution is -0.142. The van der Waals surface area contributed by atoms with Crippen LogP contribution in [0.15, 0.2) is 12.3 Å². The zero-order valence-electron chi connectivity index (χ0n) is 8.41. The van der Waals surface area contributed by atoms with Crippen molar-refractivity contribution in [3.8, 4) is 0 Å². The first-order valence-electron chi connectivity index (χ1n) is 4.56. The minimum Gasteiger partial charge on any atom is -0.466 e. The predicted octanol–water partition coefficient (Wildman–Crippen LogP) is 1.68. The summed E-state index contributed by atoms with van der Waals surface area (Å²) in [5, 5.41) is 0. The van der Waals surface area contributed by atoms with Crippen LogP contribution in [0, 0.1) is 6.92 Å². The molecule has 1 aromatic rings. The normalized spacial score (nSPS) is 10.7. The number of rotatable bonds is 4. The zero-order valence-corrected chi connectivity index (χ0v) is 8.41. The summed E-state index contributed by atoms with van der Waals surface area (Å²) in [6, 6.07) is 0. The van der Waals surface area contributed by atoms with Crippen molar-refractivity contribution in [1.29, 1.82) is 0 Å². The molecule has 0 atom stereocenters. The number of aryl methyl sites for hydroxylation is 1. The van der Waals surface area contributed by atoms with Gasteiger partial charge >= 0.3 is 5.97 Å². The Kier molecular flexibility index (Phi) is 3.91. The number of hydrogen-bond acceptors (Lipinski definition) is 3. The Hall–Kier alpha value is -1.58. The first-order valence-corrected chi connectivity index (χ1v) is 4.56. The van der Waals surface area contributed by atoms with Crippen LogP contribution >= 0.6 is 0 Å². The summed E-state index contributed by atoms with van der Waals surface area (Å²) in [6.45, 7) is 4.10. The van der Waals surface area contributed by atoms with Gasteiger partial charge in [-0.2, -0.15) is 0 Å². The molecule has 0 amide bonds. The molecule has 0 bridgehead atoms. The van der Waals surface area contributed by atoms with Crippen molar-refractivity contribution in [2.75, 3.05) is 6.61 Å². The highest BCUT2D eigenvalue weighted by Crippen LogP contribution is 1.99. The van der Waals surface area contributed by atoms with E-state index >= 15 is 0 Å². The van der Waals surface area contributed by atoms with Crippen LogP contribution in [0.5, 0.6) is 0 Å². The third-order valence-corrected chi connectivity index (χ3v) is 1.61. The van der Waals surface area contributed by atoms with Gasteiger partial charge in [0.2, 0.25) is 0 Å². The molecule has 0 aliphatic carbocycles. The fourth-order valence-electron chi connectivity index (χ4n) is 1.03. The molecule has 0 saturated carbocycles. The number of nitrogens with zero attached hydrogens (tertiary/aromatic N) is 1. The van der Waals surface area contributed by atoms with E-state index < -0.39 is 0 Å². The van der Waals surface area contributed by atoms with Gasteiger partial charge in [0, 0.05) is 0 Å². The number of aromatic amines is 1. The molecular formula is C10H14N2O2. The number of nitrogens with one attached hydrogen (secondary N) is 1. The first-order chi connectivity index (χ1) is 6.72. The van der Waals surface area contributed by atoms with Crippen molar-refractivity contribution in [3.05, 3.63) is 23.8 Å². The van der Waals surface area contributed by atoms with Crippen LogP contribution in [0.3, 0.4) is 0 Å². The van der Waals surface area contributed by atoms with Gasteiger partial charge in [-0.15, -0.1) is 0 Å². The van der Waals surface area contributed by atoms with Gasteiger partial charge in [0.25, 0.3) is 0 Å². The van der Waals surface area contributed by atoms with Gasteiger partial charge in [-0.25, -0.2) is 4.98 Å². The molecule has 14 heavy (non-hydrogen) atoms. The smallest absolute Gasteiger partial charge is 0.309 e. The minimum absolute atomic E-state index is 0.208. The van der Waals surface area contributed by atoms with E-state index in [4.69, 9.17) is 4.74 Å². The summed E-state index contributed by atoms with van der Waals surface area (Å²) in [7, 11) is 0. The lowest BCUT2D eigenvalue weighted by atomic mass is 10.3. The van der Waals surface area contributed by atoms with Gasteiger partial charge in [-0.3, -0.25) is 4.79 Å². The van der Waals surface area contributed by atoms with E-state index in [9.17, 15) is 4.79 Å². The molecule has 0 unspecified atom stereocenters. The van der Waals surface area contributed by atoms with Crippen molar-refractivity contribution in [3.63, 3.8) is 0 Å². The van der Waals surface area contributed by atoms with Crippen LogP contribution in [-0.4, -0.2) is 22.5 Å². The van der Waals surface area contributed by atoms with Crippen LogP contribution in [0.25, 0.3) is 6.08 Å². The Balaban J connectivity index is 2.37. The third kappa shape index (κ3) is 3.43. The Morgan fingerprint density at radius 2 is 2.50 bits per heavy atom. The van der Waals surface area contributed by atoms with Gasteiger partial charge in [0.15, 0.2) is 0 Å². The van der Waals surface area contributed by atoms with Gasteiger partial charge < -0.3 is 9.72 Å². The molecule has 0 fully saturated rings. The van der Waals surface area contributed by atoms with Gasteiger partial charge in [-0.05, 0) is 19.9 Å². The van der Waals surface area contributed by atoms with E-state index in [1.54, 1.807) is 19.2 Å². The third-order valence-electron chi connectivity index (χ3n) is 1.61. The highest BCUT2D eigenvalue weighted by molar-refractivity contribution is 5.72. The maximum absolute atomic E-state index is 10.9. The van der Waals surface area contributed by atoms with Crippen LogP contribution in [0.1, 0.15) is 24.9 Å². The molecule has 1 aromatic heterocycles. The van der Waals surface area contributed by atoms with Crippen molar-refractivity contribution in [2.45, 2.75) is 20.3 Å². The van der Waals surface area contributed by atoms with Crippen LogP contribution in [0.2, 0.25) is 0 Å². The standard InChI is InChI=1S/C10H14N2O2/c1-3-14-10(13)6-4-5-9-7-11-8(2)12-9/h4-5,7H,3,6H2,1-2H3,(H,11,12). The maximum Gasteiger partial charge on any atom is 0.309 e. The lowest BCUT2D eigenvalue weighted by Gasteiger charge is -1.95. The van der Waals surface area contributed by atoms with Crippen molar-refractivity contribution in [2.24, 2.45) is 0 Å². The monoisotopic (exact) mass is 194 g/mol. The molecule has 4 heteroatoms. The molecule has 4 nitrogen and oxygen atoms in total. The number of carbonyl (C=O) groups is 1. The van der Waals surface area contributed by atoms with E-state index in [-0.39, 0.29) is 5.97 Å². The van der Waals surface area contributed by atoms with Crippen molar-refractivity contribution >= 4 is 12.0 Å². The van der Waals surface area contributed by atoms with E-state index in [1.807, 2.05) is 13.0 Å². The Labute approximate surface area is 83.0 Å². The summed E-state index contributed by atoms with van der Waals surface area (Å²) in [5.41, 5.74) is 0.895. The van der Waals surface area contributed by atoms with E-state index in [2.05, 4.69) is 9.97 Å². The predicted molar refractivity (Wildman–Crippen MR) is 53.6 cm³/mol. The molecule has 0 aliphatic rings. The van der Waals surface area contributed by atoms with E-state index in [0.717, 1.165) is 11.5 Å². The summed E-state index contributed by atoms with van der Waals surface area (Å²) < 4.78 is 4.77. The minimum atomic E-state index is -0.208. The molecule has 0 radical (unpaired) electrons. The first kappa shape index (κ1) is 10.5. The van der Waals surface area contributed by atoms with Crippen LogP contribution in [-0.2, 0) is 9.53 Å². The van der Waals surface area contributed by atoms with Gasteiger partial charge in [-0.1, -0.05) is 6.08 Å². The second-order valence-electron chi connectivity index (χ2n) is 2.84. The second kappa shape index (κ2) is 5.21. The average Bonchev–Trinajstić information content (AvgIpc) is 2.52. The molecule has 1 rings (SSSR count). The number of esters is 1. The Bertz CT molecular complexity index is 329. The van der Waals surface area contributed by atoms with Crippen LogP contribution < -0.4 is 0 Å². The zero-order chi connectivity index (χ0) is 10.4. The summed E-state index contributed by atoms with van der Waals surface area (Å²) >= 11 is 0. The fraction of sp³-hybridized carbons (Fsp3) is 0.400. The summed E-state index contributed by atoms with van der Waals surface area (Å²) in [5.74, 6) is 0.653. The number of ether oxygens (including phenoxy) is 1. The molecule has 1 heterocycles. The number of carbonyl (C=O) groups excluding carboxylic acids is 1. The number of hydrogen-bond donors (Lipinski definition) is 1. The average molecular weight is 194 g/mol. The highest BCUT2D eigenvalue weighted by Gasteiger charge is 1.96. The molecule has 0 aliphatic heterocycles. The molecule has 0 saturated heterocycles. The largest absolute Gasteiger partial charge is 0.466 e. The number of aromatic nitrogens is 2. The molecule has 1 N–H and O–H groups in total. The summed E-state index contributed by atoms with van der Waals surface area (Å²) in [4.78, 5) is 18.0. The van der Waals surface area contributed by atoms with Gasteiger partial charge in [0.1, 0.15) is 5.82 Å². The molecule has 0 spiro atoms. The van der Waals surface area contributed by atoms with E-state index in [1.165, 1.54) is 0 Å². The van der Waals surface area contributed by atoms with Gasteiger partial charge in [0.05, 0.1) is 24.9 Å². The summed E-state index contributed by atoms with van der Waals surface area (Å²) in [6.07, 6.45) is 5.59. The Morgan fingerprint density at radius 3 is 3.07 bits per heavy atom. The van der Waals surface area contributed by atoms with E-state index in [0.29, 0.717) is 13.0 Å². The second-order valence-corrected chi connectivity index (χ2v) is 2.84. The van der Waals surface area contributed by atoms with Crippen LogP contribution in [0.4, 0.5) is 0 Å². The number of imidazole rings is 1. The van der Waals surface area contributed by atoms with Crippen molar-refractivity contribution in [1.82, 2.24) is 9.97 Å². The number of H-pyrrole nitrogens is 1. The topological polar surface area (TPSA) is 55.0 Å².